The summed E-state index contributed by atoms with van der Waals surface area (Å²) < 4.78 is 5.49. The summed E-state index contributed by atoms with van der Waals surface area (Å²) in [6.45, 7) is 4.36. The molecule has 28 heavy (non-hydrogen) atoms. The molecule has 1 aliphatic carbocycles. The summed E-state index contributed by atoms with van der Waals surface area (Å²) in [6, 6.07) is 9.94. The van der Waals surface area contributed by atoms with Gasteiger partial charge in [-0.25, -0.2) is 9.78 Å². The summed E-state index contributed by atoms with van der Waals surface area (Å²) in [7, 11) is 0. The maximum absolute atomic E-state index is 11.9. The highest BCUT2D eigenvalue weighted by molar-refractivity contribution is 7.10. The maximum atomic E-state index is 11.9. The van der Waals surface area contributed by atoms with Gasteiger partial charge >= 0.3 is 6.09 Å². The molecule has 0 unspecified atom stereocenters. The number of aryl methyl sites for hydroxylation is 1. The predicted molar refractivity (Wildman–Crippen MR) is 110 cm³/mol. The van der Waals surface area contributed by atoms with Gasteiger partial charge in [0.25, 0.3) is 0 Å². The van der Waals surface area contributed by atoms with Crippen LogP contribution in [0.4, 0.5) is 4.79 Å². The zero-order valence-corrected chi connectivity index (χ0v) is 16.9. The lowest BCUT2D eigenvalue weighted by Gasteiger charge is -2.24. The predicted octanol–water partition coefficient (Wildman–Crippen LogP) is 4.81. The Bertz CT molecular complexity index is 959. The molecule has 3 aromatic rings. The zero-order chi connectivity index (χ0) is 19.6. The number of ether oxygens (including phenoxy) is 1. The van der Waals surface area contributed by atoms with Crippen LogP contribution >= 0.6 is 11.3 Å². The second-order valence-corrected chi connectivity index (χ2v) is 8.14. The summed E-state index contributed by atoms with van der Waals surface area (Å²) >= 11 is 1.77. The molecule has 1 amide bonds. The van der Waals surface area contributed by atoms with E-state index in [1.807, 2.05) is 26.0 Å². The van der Waals surface area contributed by atoms with Crippen LogP contribution in [0.1, 0.15) is 48.9 Å². The van der Waals surface area contributed by atoms with Gasteiger partial charge in [0, 0.05) is 11.4 Å². The Labute approximate surface area is 168 Å². The molecule has 0 saturated heterocycles. The van der Waals surface area contributed by atoms with Gasteiger partial charge in [-0.05, 0) is 50.3 Å². The number of carbonyl (C=O) groups is 1. The molecule has 0 atom stereocenters. The number of nitrogens with zero attached hydrogens (tertiary/aromatic N) is 2. The largest absolute Gasteiger partial charge is 0.412 e. The van der Waals surface area contributed by atoms with Crippen LogP contribution in [0, 0.1) is 6.92 Å². The second-order valence-electron chi connectivity index (χ2n) is 7.19. The van der Waals surface area contributed by atoms with E-state index in [1.54, 1.807) is 17.4 Å². The van der Waals surface area contributed by atoms with Crippen LogP contribution in [-0.2, 0) is 5.41 Å². The standard InChI is InChI=1S/C21H24N4O2S/c1-3-22-20(26)27-16-9-8-14(2)13-15(16)18-23-19(25-24-18)21(10-4-5-11-21)17-7-6-12-28-17/h6-9,12-13H,3-5,10-11H2,1-2H3,(H,22,26)(H,23,24,25). The van der Waals surface area contributed by atoms with Gasteiger partial charge in [-0.3, -0.25) is 5.10 Å². The van der Waals surface area contributed by atoms with Crippen molar-refractivity contribution < 1.29 is 9.53 Å². The van der Waals surface area contributed by atoms with Crippen LogP contribution in [0.3, 0.4) is 0 Å². The molecular formula is C21H24N4O2S. The van der Waals surface area contributed by atoms with E-state index in [1.165, 1.54) is 17.7 Å². The van der Waals surface area contributed by atoms with E-state index in [2.05, 4.69) is 33.0 Å². The third-order valence-electron chi connectivity index (χ3n) is 5.29. The molecule has 2 aromatic heterocycles. The van der Waals surface area contributed by atoms with Gasteiger partial charge in [-0.2, -0.15) is 5.10 Å². The summed E-state index contributed by atoms with van der Waals surface area (Å²) in [4.78, 5) is 18.1. The Balaban J connectivity index is 1.71. The van der Waals surface area contributed by atoms with Gasteiger partial charge in [-0.15, -0.1) is 11.3 Å². The minimum Gasteiger partial charge on any atom is -0.410 e. The fourth-order valence-electron chi connectivity index (χ4n) is 3.91. The molecule has 1 aromatic carbocycles. The van der Waals surface area contributed by atoms with E-state index in [-0.39, 0.29) is 5.41 Å². The Kier molecular flexibility index (Phi) is 5.17. The minimum absolute atomic E-state index is 0.0934. The Morgan fingerprint density at radius 3 is 2.86 bits per heavy atom. The van der Waals surface area contributed by atoms with Gasteiger partial charge in [0.05, 0.1) is 11.0 Å². The fraction of sp³-hybridized carbons (Fsp3) is 0.381. The normalized spacial score (nSPS) is 15.5. The first kappa shape index (κ1) is 18.7. The highest BCUT2D eigenvalue weighted by atomic mass is 32.1. The van der Waals surface area contributed by atoms with Crippen LogP contribution in [0.15, 0.2) is 35.7 Å². The van der Waals surface area contributed by atoms with Gasteiger partial charge in [0.2, 0.25) is 0 Å². The molecule has 1 fully saturated rings. The Hall–Kier alpha value is -2.67. The summed E-state index contributed by atoms with van der Waals surface area (Å²) in [5.74, 6) is 1.91. The quantitative estimate of drug-likeness (QED) is 0.648. The topological polar surface area (TPSA) is 79.9 Å². The molecule has 2 heterocycles. The highest BCUT2D eigenvalue weighted by Crippen LogP contribution is 2.47. The first-order valence-electron chi connectivity index (χ1n) is 9.66. The van der Waals surface area contributed by atoms with Crippen LogP contribution < -0.4 is 10.1 Å². The van der Waals surface area contributed by atoms with E-state index < -0.39 is 6.09 Å². The highest BCUT2D eigenvalue weighted by Gasteiger charge is 2.41. The minimum atomic E-state index is -0.478. The van der Waals surface area contributed by atoms with Crippen molar-refractivity contribution in [2.75, 3.05) is 6.54 Å². The lowest BCUT2D eigenvalue weighted by molar-refractivity contribution is 0.201. The van der Waals surface area contributed by atoms with Crippen molar-refractivity contribution in [2.45, 2.75) is 44.9 Å². The van der Waals surface area contributed by atoms with E-state index in [9.17, 15) is 4.79 Å². The number of amides is 1. The fourth-order valence-corrected chi connectivity index (χ4v) is 4.90. The van der Waals surface area contributed by atoms with E-state index in [4.69, 9.17) is 9.72 Å². The van der Waals surface area contributed by atoms with Gasteiger partial charge in [0.1, 0.15) is 11.6 Å². The van der Waals surface area contributed by atoms with Crippen LogP contribution in [0.5, 0.6) is 5.75 Å². The summed E-state index contributed by atoms with van der Waals surface area (Å²) in [5.41, 5.74) is 1.68. The molecule has 2 N–H and O–H groups in total. The van der Waals surface area contributed by atoms with Crippen molar-refractivity contribution in [1.29, 1.82) is 0 Å². The van der Waals surface area contributed by atoms with Gasteiger partial charge in [0.15, 0.2) is 5.82 Å². The van der Waals surface area contributed by atoms with Crippen LogP contribution in [-0.4, -0.2) is 27.8 Å². The lowest BCUT2D eigenvalue weighted by Crippen LogP contribution is -2.26. The molecule has 0 radical (unpaired) electrons. The Morgan fingerprint density at radius 2 is 2.14 bits per heavy atom. The van der Waals surface area contributed by atoms with Crippen LogP contribution in [0.25, 0.3) is 11.4 Å². The first-order valence-corrected chi connectivity index (χ1v) is 10.5. The number of rotatable bonds is 5. The monoisotopic (exact) mass is 396 g/mol. The van der Waals surface area contributed by atoms with Crippen molar-refractivity contribution in [2.24, 2.45) is 0 Å². The smallest absolute Gasteiger partial charge is 0.410 e. The average molecular weight is 397 g/mol. The first-order chi connectivity index (χ1) is 13.6. The van der Waals surface area contributed by atoms with Crippen molar-refractivity contribution in [3.63, 3.8) is 0 Å². The molecule has 7 heteroatoms. The number of aromatic amines is 1. The van der Waals surface area contributed by atoms with Crippen molar-refractivity contribution in [1.82, 2.24) is 20.5 Å². The lowest BCUT2D eigenvalue weighted by atomic mass is 9.83. The number of H-pyrrole nitrogens is 1. The molecule has 0 aliphatic heterocycles. The number of nitrogens with one attached hydrogen (secondary N) is 2. The summed E-state index contributed by atoms with van der Waals surface area (Å²) in [6.07, 6.45) is 4.03. The molecule has 1 saturated carbocycles. The Morgan fingerprint density at radius 1 is 1.32 bits per heavy atom. The second kappa shape index (κ2) is 7.75. The van der Waals surface area contributed by atoms with Crippen molar-refractivity contribution in [3.05, 3.63) is 52.0 Å². The molecule has 146 valence electrons. The molecular weight excluding hydrogens is 372 g/mol. The average Bonchev–Trinajstić information content (AvgIpc) is 3.44. The number of thiophene rings is 1. The SMILES string of the molecule is CCNC(=O)Oc1ccc(C)cc1-c1n[nH]c(C2(c3cccs3)CCCC2)n1. The zero-order valence-electron chi connectivity index (χ0n) is 16.1. The molecule has 0 spiro atoms. The van der Waals surface area contributed by atoms with Crippen LogP contribution in [0.2, 0.25) is 0 Å². The maximum Gasteiger partial charge on any atom is 0.412 e. The summed E-state index contributed by atoms with van der Waals surface area (Å²) in [5, 5.41) is 12.5. The molecule has 6 nitrogen and oxygen atoms in total. The van der Waals surface area contributed by atoms with E-state index in [0.717, 1.165) is 24.2 Å². The number of carbonyl (C=O) groups excluding carboxylic acids is 1. The van der Waals surface area contributed by atoms with Crippen molar-refractivity contribution in [3.8, 4) is 17.1 Å². The third-order valence-corrected chi connectivity index (χ3v) is 6.36. The van der Waals surface area contributed by atoms with Gasteiger partial charge < -0.3 is 10.1 Å². The number of hydrogen-bond donors (Lipinski definition) is 2. The van der Waals surface area contributed by atoms with E-state index in [0.29, 0.717) is 23.7 Å². The van der Waals surface area contributed by atoms with E-state index >= 15 is 0 Å². The van der Waals surface area contributed by atoms with Gasteiger partial charge in [-0.1, -0.05) is 30.5 Å². The molecule has 4 rings (SSSR count). The number of hydrogen-bond acceptors (Lipinski definition) is 5. The van der Waals surface area contributed by atoms with Crippen molar-refractivity contribution >= 4 is 17.4 Å². The number of aromatic nitrogens is 3. The molecule has 1 aliphatic rings. The number of benzene rings is 1. The third kappa shape index (κ3) is 3.42. The molecule has 0 bridgehead atoms.